The van der Waals surface area contributed by atoms with Gasteiger partial charge in [0, 0.05) is 25.0 Å². The number of rotatable bonds is 6. The summed E-state index contributed by atoms with van der Waals surface area (Å²) in [6.07, 6.45) is 10.7. The third kappa shape index (κ3) is 3.38. The van der Waals surface area contributed by atoms with Gasteiger partial charge in [0.1, 0.15) is 0 Å². The van der Waals surface area contributed by atoms with Gasteiger partial charge in [0.2, 0.25) is 0 Å². The second kappa shape index (κ2) is 6.08. The molecular weight excluding hydrogens is 234 g/mol. The van der Waals surface area contributed by atoms with E-state index in [4.69, 9.17) is 5.73 Å². The van der Waals surface area contributed by atoms with Crippen LogP contribution in [0.2, 0.25) is 0 Å². The topological polar surface area (TPSA) is 43.8 Å². The van der Waals surface area contributed by atoms with Crippen LogP contribution in [0.25, 0.3) is 0 Å². The van der Waals surface area contributed by atoms with E-state index in [2.05, 4.69) is 25.0 Å². The Bertz CT molecular complexity index is 388. The van der Waals surface area contributed by atoms with Gasteiger partial charge in [-0.05, 0) is 49.5 Å². The number of hydrogen-bond acceptors (Lipinski definition) is 2. The summed E-state index contributed by atoms with van der Waals surface area (Å²) in [5.74, 6) is 0.751. The smallest absolute Gasteiger partial charge is 0.0492 e. The molecule has 3 heteroatoms. The van der Waals surface area contributed by atoms with Gasteiger partial charge in [0.15, 0.2) is 0 Å². The molecule has 0 aliphatic heterocycles. The van der Waals surface area contributed by atoms with E-state index in [1.54, 1.807) is 0 Å². The average molecular weight is 263 g/mol. The first-order chi connectivity index (χ1) is 9.03. The van der Waals surface area contributed by atoms with Crippen molar-refractivity contribution in [3.05, 3.63) is 18.0 Å². The molecule has 3 nitrogen and oxygen atoms in total. The van der Waals surface area contributed by atoms with Crippen LogP contribution in [0.15, 0.2) is 12.3 Å². The van der Waals surface area contributed by atoms with Gasteiger partial charge in [-0.15, -0.1) is 0 Å². The van der Waals surface area contributed by atoms with Crippen LogP contribution >= 0.6 is 0 Å². The summed E-state index contributed by atoms with van der Waals surface area (Å²) in [6.45, 7) is 4.65. The van der Waals surface area contributed by atoms with Crippen molar-refractivity contribution in [2.45, 2.75) is 64.8 Å². The lowest BCUT2D eigenvalue weighted by Crippen LogP contribution is -2.41. The van der Waals surface area contributed by atoms with Gasteiger partial charge in [-0.3, -0.25) is 4.68 Å². The molecule has 1 aliphatic rings. The van der Waals surface area contributed by atoms with Gasteiger partial charge in [-0.1, -0.05) is 26.7 Å². The van der Waals surface area contributed by atoms with Gasteiger partial charge in [0.05, 0.1) is 0 Å². The third-order valence-electron chi connectivity index (χ3n) is 4.83. The van der Waals surface area contributed by atoms with Crippen LogP contribution in [0.5, 0.6) is 0 Å². The van der Waals surface area contributed by atoms with Crippen LogP contribution in [0.3, 0.4) is 0 Å². The van der Waals surface area contributed by atoms with Crippen LogP contribution in [0.1, 0.15) is 58.1 Å². The molecule has 0 aromatic carbocycles. The zero-order valence-electron chi connectivity index (χ0n) is 12.7. The van der Waals surface area contributed by atoms with E-state index in [-0.39, 0.29) is 0 Å². The Morgan fingerprint density at radius 3 is 2.58 bits per heavy atom. The van der Waals surface area contributed by atoms with E-state index in [1.165, 1.54) is 37.8 Å². The molecule has 0 bridgehead atoms. The number of hydrogen-bond donors (Lipinski definition) is 1. The lowest BCUT2D eigenvalue weighted by Gasteiger charge is -2.37. The minimum atomic E-state index is 0.340. The molecule has 1 aromatic heterocycles. The molecular formula is C16H29N3. The summed E-state index contributed by atoms with van der Waals surface area (Å²) in [5.41, 5.74) is 8.31. The minimum Gasteiger partial charge on any atom is -0.327 e. The van der Waals surface area contributed by atoms with Crippen molar-refractivity contribution in [2.24, 2.45) is 24.1 Å². The molecule has 0 saturated heterocycles. The Morgan fingerprint density at radius 2 is 2.05 bits per heavy atom. The molecule has 1 aromatic rings. The second-order valence-electron chi connectivity index (χ2n) is 6.76. The van der Waals surface area contributed by atoms with Crippen molar-refractivity contribution < 1.29 is 0 Å². The van der Waals surface area contributed by atoms with E-state index in [0.29, 0.717) is 11.5 Å². The number of nitrogens with two attached hydrogens (primary N) is 1. The van der Waals surface area contributed by atoms with Gasteiger partial charge in [-0.2, -0.15) is 5.10 Å². The molecule has 108 valence electrons. The zero-order valence-corrected chi connectivity index (χ0v) is 12.7. The standard InChI is InChI=1S/C16H29N3/c1-13(2)12-16(9-4-5-10-16)15(17)7-6-14-8-11-18-19(14)3/h8,11,13,15H,4-7,9-10,12,17H2,1-3H3. The predicted molar refractivity (Wildman–Crippen MR) is 79.9 cm³/mol. The monoisotopic (exact) mass is 263 g/mol. The first-order valence-corrected chi connectivity index (χ1v) is 7.76. The Balaban J connectivity index is 1.96. The molecule has 0 spiro atoms. The van der Waals surface area contributed by atoms with E-state index in [0.717, 1.165) is 18.8 Å². The van der Waals surface area contributed by atoms with E-state index < -0.39 is 0 Å². The van der Waals surface area contributed by atoms with Crippen LogP contribution < -0.4 is 5.73 Å². The highest BCUT2D eigenvalue weighted by Crippen LogP contribution is 2.46. The maximum atomic E-state index is 6.60. The van der Waals surface area contributed by atoms with Crippen molar-refractivity contribution in [3.63, 3.8) is 0 Å². The highest BCUT2D eigenvalue weighted by molar-refractivity contribution is 5.02. The Kier molecular flexibility index (Phi) is 4.67. The minimum absolute atomic E-state index is 0.340. The molecule has 1 fully saturated rings. The summed E-state index contributed by atoms with van der Waals surface area (Å²) in [7, 11) is 2.01. The molecule has 19 heavy (non-hydrogen) atoms. The number of aromatic nitrogens is 2. The van der Waals surface area contributed by atoms with Crippen molar-refractivity contribution in [2.75, 3.05) is 0 Å². The van der Waals surface area contributed by atoms with Crippen LogP contribution in [0, 0.1) is 11.3 Å². The van der Waals surface area contributed by atoms with Gasteiger partial charge < -0.3 is 5.73 Å². The second-order valence-corrected chi connectivity index (χ2v) is 6.76. The SMILES string of the molecule is CC(C)CC1(C(N)CCc2ccnn2C)CCCC1. The van der Waals surface area contributed by atoms with Crippen LogP contribution in [0.4, 0.5) is 0 Å². The lowest BCUT2D eigenvalue weighted by molar-refractivity contribution is 0.175. The number of nitrogens with zero attached hydrogens (tertiary/aromatic N) is 2. The molecule has 2 N–H and O–H groups in total. The zero-order chi connectivity index (χ0) is 13.9. The van der Waals surface area contributed by atoms with Crippen molar-refractivity contribution in [3.8, 4) is 0 Å². The molecule has 1 heterocycles. The Labute approximate surface area is 117 Å². The summed E-state index contributed by atoms with van der Waals surface area (Å²) < 4.78 is 1.97. The third-order valence-corrected chi connectivity index (χ3v) is 4.83. The highest BCUT2D eigenvalue weighted by Gasteiger charge is 2.39. The fourth-order valence-electron chi connectivity index (χ4n) is 3.87. The summed E-state index contributed by atoms with van der Waals surface area (Å²) in [6, 6.07) is 2.45. The average Bonchev–Trinajstić information content (AvgIpc) is 2.96. The maximum Gasteiger partial charge on any atom is 0.0492 e. The van der Waals surface area contributed by atoms with Gasteiger partial charge in [-0.25, -0.2) is 0 Å². The molecule has 1 atom stereocenters. The molecule has 0 amide bonds. The van der Waals surface area contributed by atoms with E-state index in [1.807, 2.05) is 17.9 Å². The Hall–Kier alpha value is -0.830. The van der Waals surface area contributed by atoms with Gasteiger partial charge >= 0.3 is 0 Å². The fraction of sp³-hybridized carbons (Fsp3) is 0.812. The summed E-state index contributed by atoms with van der Waals surface area (Å²) in [5, 5.41) is 4.23. The first-order valence-electron chi connectivity index (χ1n) is 7.76. The molecule has 1 saturated carbocycles. The first kappa shape index (κ1) is 14.6. The molecule has 2 rings (SSSR count). The number of aryl methyl sites for hydroxylation is 2. The highest BCUT2D eigenvalue weighted by atomic mass is 15.2. The van der Waals surface area contributed by atoms with Crippen molar-refractivity contribution in [1.82, 2.24) is 9.78 Å². The molecule has 1 unspecified atom stereocenters. The normalized spacial score (nSPS) is 20.1. The quantitative estimate of drug-likeness (QED) is 0.856. The summed E-state index contributed by atoms with van der Waals surface area (Å²) in [4.78, 5) is 0. The van der Waals surface area contributed by atoms with Crippen molar-refractivity contribution >= 4 is 0 Å². The maximum absolute atomic E-state index is 6.60. The van der Waals surface area contributed by atoms with E-state index >= 15 is 0 Å². The predicted octanol–water partition coefficient (Wildman–Crippen LogP) is 3.29. The molecule has 0 radical (unpaired) electrons. The Morgan fingerprint density at radius 1 is 1.37 bits per heavy atom. The largest absolute Gasteiger partial charge is 0.327 e. The van der Waals surface area contributed by atoms with Crippen LogP contribution in [-0.2, 0) is 13.5 Å². The fourth-order valence-corrected chi connectivity index (χ4v) is 3.87. The van der Waals surface area contributed by atoms with Crippen molar-refractivity contribution in [1.29, 1.82) is 0 Å². The van der Waals surface area contributed by atoms with Crippen LogP contribution in [-0.4, -0.2) is 15.8 Å². The van der Waals surface area contributed by atoms with Gasteiger partial charge in [0.25, 0.3) is 0 Å². The lowest BCUT2D eigenvalue weighted by atomic mass is 9.71. The van der Waals surface area contributed by atoms with E-state index in [9.17, 15) is 0 Å². The molecule has 1 aliphatic carbocycles. The summed E-state index contributed by atoms with van der Waals surface area (Å²) >= 11 is 0.